The molecule has 1 N–H and O–H groups in total. The Bertz CT molecular complexity index is 683. The molecular formula is C15H15ClN2O3S. The molecule has 0 saturated carbocycles. The number of anilines is 1. The Morgan fingerprint density at radius 2 is 2.18 bits per heavy atom. The number of ether oxygens (including phenoxy) is 1. The summed E-state index contributed by atoms with van der Waals surface area (Å²) in [5.74, 6) is -1.05. The number of thiophene rings is 1. The van der Waals surface area contributed by atoms with E-state index in [9.17, 15) is 9.59 Å². The summed E-state index contributed by atoms with van der Waals surface area (Å²) >= 11 is 6.74. The lowest BCUT2D eigenvalue weighted by atomic mass is 10.1. The van der Waals surface area contributed by atoms with Crippen LogP contribution in [0.25, 0.3) is 11.3 Å². The molecule has 0 spiro atoms. The molecule has 5 nitrogen and oxygen atoms in total. The van der Waals surface area contributed by atoms with E-state index in [2.05, 4.69) is 10.3 Å². The molecule has 22 heavy (non-hydrogen) atoms. The molecule has 0 aliphatic carbocycles. The number of hydrogen-bond acceptors (Lipinski definition) is 5. The van der Waals surface area contributed by atoms with Crippen molar-refractivity contribution in [1.29, 1.82) is 0 Å². The molecule has 116 valence electrons. The Kier molecular flexibility index (Phi) is 5.51. The van der Waals surface area contributed by atoms with E-state index in [1.165, 1.54) is 11.3 Å². The number of carbonyl (C=O) groups is 2. The van der Waals surface area contributed by atoms with Crippen LogP contribution < -0.4 is 5.32 Å². The van der Waals surface area contributed by atoms with Crippen molar-refractivity contribution in [3.63, 3.8) is 0 Å². The molecule has 1 amide bonds. The summed E-state index contributed by atoms with van der Waals surface area (Å²) in [7, 11) is 0. The zero-order chi connectivity index (χ0) is 16.1. The van der Waals surface area contributed by atoms with Crippen LogP contribution in [0.15, 0.2) is 23.7 Å². The maximum Gasteiger partial charge on any atom is 0.341 e. The molecule has 2 aromatic rings. The molecule has 0 aliphatic heterocycles. The lowest BCUT2D eigenvalue weighted by molar-refractivity contribution is -0.113. The molecule has 0 unspecified atom stereocenters. The van der Waals surface area contributed by atoms with Crippen LogP contribution in [-0.4, -0.2) is 29.3 Å². The van der Waals surface area contributed by atoms with E-state index in [0.717, 1.165) is 5.56 Å². The van der Waals surface area contributed by atoms with Gasteiger partial charge in [-0.05, 0) is 25.5 Å². The number of halogens is 1. The number of aromatic nitrogens is 1. The van der Waals surface area contributed by atoms with Crippen LogP contribution in [-0.2, 0) is 9.53 Å². The van der Waals surface area contributed by atoms with Crippen molar-refractivity contribution in [2.45, 2.75) is 13.8 Å². The smallest absolute Gasteiger partial charge is 0.341 e. The van der Waals surface area contributed by atoms with Gasteiger partial charge in [0.05, 0.1) is 12.3 Å². The number of nitrogens with zero attached hydrogens (tertiary/aromatic N) is 1. The van der Waals surface area contributed by atoms with E-state index in [1.54, 1.807) is 18.5 Å². The predicted molar refractivity (Wildman–Crippen MR) is 87.6 cm³/mol. The number of alkyl halides is 1. The topological polar surface area (TPSA) is 68.3 Å². The zero-order valence-corrected chi connectivity index (χ0v) is 13.8. The molecular weight excluding hydrogens is 324 g/mol. The molecule has 2 rings (SSSR count). The van der Waals surface area contributed by atoms with Crippen LogP contribution in [0.1, 0.15) is 22.8 Å². The predicted octanol–water partition coefficient (Wildman–Crippen LogP) is 3.47. The fourth-order valence-corrected chi connectivity index (χ4v) is 2.86. The first-order valence-electron chi connectivity index (χ1n) is 6.64. The zero-order valence-electron chi connectivity index (χ0n) is 12.2. The van der Waals surface area contributed by atoms with Crippen molar-refractivity contribution in [2.24, 2.45) is 0 Å². The van der Waals surface area contributed by atoms with E-state index in [1.807, 2.05) is 19.1 Å². The highest BCUT2D eigenvalue weighted by atomic mass is 35.5. The summed E-state index contributed by atoms with van der Waals surface area (Å²) in [5, 5.41) is 4.81. The largest absolute Gasteiger partial charge is 0.462 e. The first-order valence-corrected chi connectivity index (χ1v) is 8.05. The van der Waals surface area contributed by atoms with Crippen molar-refractivity contribution in [3.05, 3.63) is 34.8 Å². The molecule has 0 saturated heterocycles. The van der Waals surface area contributed by atoms with Crippen molar-refractivity contribution in [3.8, 4) is 11.3 Å². The quantitative estimate of drug-likeness (QED) is 0.669. The van der Waals surface area contributed by atoms with Gasteiger partial charge in [0.2, 0.25) is 5.91 Å². The fraction of sp³-hybridized carbons (Fsp3) is 0.267. The monoisotopic (exact) mass is 338 g/mol. The van der Waals surface area contributed by atoms with Gasteiger partial charge >= 0.3 is 5.97 Å². The Hall–Kier alpha value is -1.92. The third-order valence-electron chi connectivity index (χ3n) is 2.83. The van der Waals surface area contributed by atoms with Gasteiger partial charge < -0.3 is 10.1 Å². The van der Waals surface area contributed by atoms with Crippen LogP contribution in [0.2, 0.25) is 0 Å². The number of pyridine rings is 1. The van der Waals surface area contributed by atoms with Gasteiger partial charge in [-0.3, -0.25) is 9.78 Å². The molecule has 0 fully saturated rings. The second kappa shape index (κ2) is 7.38. The first-order chi connectivity index (χ1) is 10.6. The Morgan fingerprint density at radius 3 is 2.77 bits per heavy atom. The van der Waals surface area contributed by atoms with E-state index in [0.29, 0.717) is 21.8 Å². The molecule has 7 heteroatoms. The Morgan fingerprint density at radius 1 is 1.41 bits per heavy atom. The minimum Gasteiger partial charge on any atom is -0.462 e. The number of esters is 1. The second-order valence-corrected chi connectivity index (χ2v) is 5.62. The lowest BCUT2D eigenvalue weighted by Gasteiger charge is -2.07. The highest BCUT2D eigenvalue weighted by Gasteiger charge is 2.23. The van der Waals surface area contributed by atoms with Gasteiger partial charge in [0.15, 0.2) is 0 Å². The Balaban J connectivity index is 2.47. The standard InChI is InChI=1S/C15H15ClN2O3S/c1-3-21-15(20)13-10(11-5-4-9(2)7-17-11)8-22-14(13)18-12(19)6-16/h4-5,7-8H,3,6H2,1-2H3,(H,18,19). The van der Waals surface area contributed by atoms with Crippen LogP contribution >= 0.6 is 22.9 Å². The molecule has 0 radical (unpaired) electrons. The number of nitrogens with one attached hydrogen (secondary N) is 1. The lowest BCUT2D eigenvalue weighted by Crippen LogP contribution is -2.15. The number of aryl methyl sites for hydroxylation is 1. The molecule has 0 bridgehead atoms. The number of hydrogen-bond donors (Lipinski definition) is 1. The van der Waals surface area contributed by atoms with E-state index in [4.69, 9.17) is 16.3 Å². The summed E-state index contributed by atoms with van der Waals surface area (Å²) in [5.41, 5.74) is 2.61. The normalized spacial score (nSPS) is 10.3. The number of rotatable bonds is 5. The average Bonchev–Trinajstić information content (AvgIpc) is 2.91. The van der Waals surface area contributed by atoms with Crippen molar-refractivity contribution >= 4 is 39.8 Å². The molecule has 0 aromatic carbocycles. The average molecular weight is 339 g/mol. The van der Waals surface area contributed by atoms with Gasteiger partial charge in [-0.1, -0.05) is 6.07 Å². The van der Waals surface area contributed by atoms with Crippen LogP contribution in [0.4, 0.5) is 5.00 Å². The minimum absolute atomic E-state index is 0.182. The summed E-state index contributed by atoms with van der Waals surface area (Å²) in [6.45, 7) is 3.91. The van der Waals surface area contributed by atoms with Gasteiger partial charge in [0.1, 0.15) is 16.4 Å². The van der Waals surface area contributed by atoms with Gasteiger partial charge in [0, 0.05) is 17.1 Å². The number of amides is 1. The van der Waals surface area contributed by atoms with Crippen molar-refractivity contribution < 1.29 is 14.3 Å². The van der Waals surface area contributed by atoms with E-state index >= 15 is 0 Å². The summed E-state index contributed by atoms with van der Waals surface area (Å²) < 4.78 is 5.08. The number of carbonyl (C=O) groups excluding carboxylic acids is 2. The molecule has 2 heterocycles. The van der Waals surface area contributed by atoms with Gasteiger partial charge in [-0.25, -0.2) is 4.79 Å². The van der Waals surface area contributed by atoms with Gasteiger partial charge in [0.25, 0.3) is 0 Å². The van der Waals surface area contributed by atoms with E-state index in [-0.39, 0.29) is 18.4 Å². The highest BCUT2D eigenvalue weighted by molar-refractivity contribution is 7.15. The van der Waals surface area contributed by atoms with Crippen LogP contribution in [0.3, 0.4) is 0 Å². The van der Waals surface area contributed by atoms with Crippen molar-refractivity contribution in [2.75, 3.05) is 17.8 Å². The third-order valence-corrected chi connectivity index (χ3v) is 3.97. The van der Waals surface area contributed by atoms with Crippen LogP contribution in [0.5, 0.6) is 0 Å². The fourth-order valence-electron chi connectivity index (χ4n) is 1.83. The summed E-state index contributed by atoms with van der Waals surface area (Å²) in [4.78, 5) is 28.1. The van der Waals surface area contributed by atoms with Gasteiger partial charge in [-0.2, -0.15) is 0 Å². The maximum absolute atomic E-state index is 12.2. The minimum atomic E-state index is -0.494. The highest BCUT2D eigenvalue weighted by Crippen LogP contribution is 2.35. The molecule has 0 atom stereocenters. The van der Waals surface area contributed by atoms with Crippen LogP contribution in [0, 0.1) is 6.92 Å². The molecule has 2 aromatic heterocycles. The van der Waals surface area contributed by atoms with Crippen molar-refractivity contribution in [1.82, 2.24) is 4.98 Å². The third kappa shape index (κ3) is 3.64. The summed E-state index contributed by atoms with van der Waals surface area (Å²) in [6, 6.07) is 3.74. The first kappa shape index (κ1) is 16.5. The second-order valence-electron chi connectivity index (χ2n) is 4.48. The SMILES string of the molecule is CCOC(=O)c1c(-c2ccc(C)cn2)csc1NC(=O)CCl. The van der Waals surface area contributed by atoms with E-state index < -0.39 is 5.97 Å². The molecule has 0 aliphatic rings. The Labute approximate surface area is 137 Å². The van der Waals surface area contributed by atoms with Gasteiger partial charge in [-0.15, -0.1) is 22.9 Å². The maximum atomic E-state index is 12.2. The summed E-state index contributed by atoms with van der Waals surface area (Å²) in [6.07, 6.45) is 1.72.